The van der Waals surface area contributed by atoms with E-state index in [9.17, 15) is 27.6 Å². The highest BCUT2D eigenvalue weighted by atomic mass is 19.4. The van der Waals surface area contributed by atoms with Gasteiger partial charge in [0.05, 0.1) is 5.56 Å². The molecule has 0 radical (unpaired) electrons. The Morgan fingerprint density at radius 1 is 0.973 bits per heavy atom. The summed E-state index contributed by atoms with van der Waals surface area (Å²) in [4.78, 5) is 44.5. The molecule has 12 heteroatoms. The Kier molecular flexibility index (Phi) is 7.37. The molecule has 1 aliphatic heterocycles. The van der Waals surface area contributed by atoms with Crippen LogP contribution in [-0.4, -0.2) is 50.5 Å². The standard InChI is InChI=1S/C25H22F3N5O4/c26-25(27,28)23-29-12-15(13-30-23)14-31-24(37)33-11-1-2-20(33)21(34)32-19-9-7-17(8-10-19)16-3-5-18(6-4-16)22(35)36/h3-10,12-13,20H,1-2,11,14H2,(H,31,37)(H,32,34)(H,35,36)/t20-/m1/s1. The van der Waals surface area contributed by atoms with Crippen LogP contribution in [0.2, 0.25) is 0 Å². The zero-order chi connectivity index (χ0) is 26.6. The Morgan fingerprint density at radius 2 is 1.57 bits per heavy atom. The largest absolute Gasteiger partial charge is 0.478 e. The van der Waals surface area contributed by atoms with E-state index in [1.165, 1.54) is 17.0 Å². The average Bonchev–Trinajstić information content (AvgIpc) is 3.38. The van der Waals surface area contributed by atoms with E-state index in [2.05, 4.69) is 20.6 Å². The first-order valence-corrected chi connectivity index (χ1v) is 11.3. The third-order valence-electron chi connectivity index (χ3n) is 5.84. The van der Waals surface area contributed by atoms with Crippen molar-refractivity contribution in [2.24, 2.45) is 0 Å². The minimum atomic E-state index is -4.65. The second kappa shape index (κ2) is 10.6. The molecule has 0 saturated carbocycles. The summed E-state index contributed by atoms with van der Waals surface area (Å²) in [5.74, 6) is -2.63. The van der Waals surface area contributed by atoms with E-state index in [1.807, 2.05) is 0 Å². The van der Waals surface area contributed by atoms with Gasteiger partial charge in [0.15, 0.2) is 0 Å². The van der Waals surface area contributed by atoms with Gasteiger partial charge in [-0.3, -0.25) is 4.79 Å². The lowest BCUT2D eigenvalue weighted by atomic mass is 10.0. The predicted molar refractivity (Wildman–Crippen MR) is 126 cm³/mol. The Bertz CT molecular complexity index is 1280. The molecule has 192 valence electrons. The second-order valence-corrected chi connectivity index (χ2v) is 8.37. The van der Waals surface area contributed by atoms with E-state index in [1.54, 1.807) is 36.4 Å². The summed E-state index contributed by atoms with van der Waals surface area (Å²) in [6.07, 6.45) is -1.56. The molecular formula is C25H22F3N5O4. The number of hydrogen-bond acceptors (Lipinski definition) is 5. The number of carboxylic acid groups (broad SMARTS) is 1. The first-order valence-electron chi connectivity index (χ1n) is 11.3. The lowest BCUT2D eigenvalue weighted by Crippen LogP contribution is -2.47. The minimum absolute atomic E-state index is 0.0866. The van der Waals surface area contributed by atoms with Crippen molar-refractivity contribution < 1.29 is 32.7 Å². The fourth-order valence-corrected chi connectivity index (χ4v) is 3.93. The average molecular weight is 513 g/mol. The van der Waals surface area contributed by atoms with Crippen molar-refractivity contribution in [3.8, 4) is 11.1 Å². The van der Waals surface area contributed by atoms with Crippen LogP contribution >= 0.6 is 0 Å². The zero-order valence-corrected chi connectivity index (χ0v) is 19.3. The molecule has 0 bridgehead atoms. The summed E-state index contributed by atoms with van der Waals surface area (Å²) in [5, 5.41) is 14.4. The summed E-state index contributed by atoms with van der Waals surface area (Å²) >= 11 is 0. The molecule has 0 aliphatic carbocycles. The van der Waals surface area contributed by atoms with Gasteiger partial charge in [-0.25, -0.2) is 19.6 Å². The number of anilines is 1. The van der Waals surface area contributed by atoms with Crippen molar-refractivity contribution in [1.82, 2.24) is 20.2 Å². The number of urea groups is 1. The lowest BCUT2D eigenvalue weighted by Gasteiger charge is -2.24. The lowest BCUT2D eigenvalue weighted by molar-refractivity contribution is -0.145. The maximum absolute atomic E-state index is 12.9. The van der Waals surface area contributed by atoms with Crippen LogP contribution < -0.4 is 10.6 Å². The van der Waals surface area contributed by atoms with Gasteiger partial charge in [-0.15, -0.1) is 0 Å². The van der Waals surface area contributed by atoms with Crippen LogP contribution in [-0.2, 0) is 17.5 Å². The highest BCUT2D eigenvalue weighted by molar-refractivity contribution is 5.97. The monoisotopic (exact) mass is 513 g/mol. The van der Waals surface area contributed by atoms with E-state index >= 15 is 0 Å². The van der Waals surface area contributed by atoms with Gasteiger partial charge in [0.1, 0.15) is 6.04 Å². The van der Waals surface area contributed by atoms with Gasteiger partial charge in [-0.1, -0.05) is 24.3 Å². The van der Waals surface area contributed by atoms with Gasteiger partial charge in [-0.05, 0) is 48.2 Å². The number of carboxylic acids is 1. The predicted octanol–water partition coefficient (Wildman–Crippen LogP) is 4.17. The smallest absolute Gasteiger partial charge is 0.451 e. The van der Waals surface area contributed by atoms with Gasteiger partial charge < -0.3 is 20.6 Å². The third-order valence-corrected chi connectivity index (χ3v) is 5.84. The number of nitrogens with one attached hydrogen (secondary N) is 2. The van der Waals surface area contributed by atoms with E-state index < -0.39 is 30.0 Å². The van der Waals surface area contributed by atoms with E-state index in [4.69, 9.17) is 5.11 Å². The number of aromatic carboxylic acids is 1. The molecule has 1 atom stereocenters. The number of carbonyl (C=O) groups excluding carboxylic acids is 2. The van der Waals surface area contributed by atoms with Gasteiger partial charge in [0.25, 0.3) is 0 Å². The number of benzene rings is 2. The molecule has 3 aromatic rings. The molecular weight excluding hydrogens is 491 g/mol. The molecule has 2 heterocycles. The van der Waals surface area contributed by atoms with Crippen molar-refractivity contribution in [2.75, 3.05) is 11.9 Å². The van der Waals surface area contributed by atoms with Crippen LogP contribution in [0.3, 0.4) is 0 Å². The quantitative estimate of drug-likeness (QED) is 0.455. The van der Waals surface area contributed by atoms with Crippen molar-refractivity contribution >= 4 is 23.6 Å². The second-order valence-electron chi connectivity index (χ2n) is 8.37. The number of amides is 3. The molecule has 1 saturated heterocycles. The minimum Gasteiger partial charge on any atom is -0.478 e. The van der Waals surface area contributed by atoms with Gasteiger partial charge in [0, 0.05) is 36.7 Å². The van der Waals surface area contributed by atoms with Crippen molar-refractivity contribution in [2.45, 2.75) is 31.6 Å². The Morgan fingerprint density at radius 3 is 2.14 bits per heavy atom. The fourth-order valence-electron chi connectivity index (χ4n) is 3.93. The van der Waals surface area contributed by atoms with Gasteiger partial charge in [-0.2, -0.15) is 13.2 Å². The van der Waals surface area contributed by atoms with Crippen molar-refractivity contribution in [3.63, 3.8) is 0 Å². The summed E-state index contributed by atoms with van der Waals surface area (Å²) in [7, 11) is 0. The molecule has 1 aromatic heterocycles. The maximum Gasteiger partial charge on any atom is 0.451 e. The summed E-state index contributed by atoms with van der Waals surface area (Å²) in [5.41, 5.74) is 2.67. The molecule has 1 fully saturated rings. The van der Waals surface area contributed by atoms with Crippen LogP contribution in [0.4, 0.5) is 23.7 Å². The highest BCUT2D eigenvalue weighted by Crippen LogP contribution is 2.26. The normalized spacial score (nSPS) is 15.3. The number of likely N-dealkylation sites (tertiary alicyclic amines) is 1. The number of nitrogens with zero attached hydrogens (tertiary/aromatic N) is 3. The maximum atomic E-state index is 12.9. The molecule has 37 heavy (non-hydrogen) atoms. The van der Waals surface area contributed by atoms with Crippen LogP contribution in [0.1, 0.15) is 34.6 Å². The highest BCUT2D eigenvalue weighted by Gasteiger charge is 2.35. The van der Waals surface area contributed by atoms with Crippen LogP contribution in [0.5, 0.6) is 0 Å². The zero-order valence-electron chi connectivity index (χ0n) is 19.3. The Balaban J connectivity index is 1.33. The number of aromatic nitrogens is 2. The number of carbonyl (C=O) groups is 3. The van der Waals surface area contributed by atoms with Gasteiger partial charge >= 0.3 is 18.2 Å². The molecule has 4 rings (SSSR count). The summed E-state index contributed by atoms with van der Waals surface area (Å²) < 4.78 is 37.8. The SMILES string of the molecule is O=C(O)c1ccc(-c2ccc(NC(=O)[C@H]3CCCN3C(=O)NCc3cnc(C(F)(F)F)nc3)cc2)cc1. The Labute approximate surface area is 209 Å². The Hall–Kier alpha value is -4.48. The molecule has 3 N–H and O–H groups in total. The number of rotatable bonds is 6. The van der Waals surface area contributed by atoms with Crippen LogP contribution in [0.15, 0.2) is 60.9 Å². The molecule has 1 aliphatic rings. The third kappa shape index (κ3) is 6.21. The first kappa shape index (κ1) is 25.6. The van der Waals surface area contributed by atoms with E-state index in [0.717, 1.165) is 23.5 Å². The number of alkyl halides is 3. The number of halogens is 3. The molecule has 0 spiro atoms. The molecule has 9 nitrogen and oxygen atoms in total. The fraction of sp³-hybridized carbons (Fsp3) is 0.240. The van der Waals surface area contributed by atoms with E-state index in [-0.39, 0.29) is 18.0 Å². The summed E-state index contributed by atoms with van der Waals surface area (Å²) in [6, 6.07) is 12.2. The van der Waals surface area contributed by atoms with E-state index in [0.29, 0.717) is 30.6 Å². The molecule has 3 amide bonds. The van der Waals surface area contributed by atoms with Crippen LogP contribution in [0, 0.1) is 0 Å². The number of hydrogen-bond donors (Lipinski definition) is 3. The summed E-state index contributed by atoms with van der Waals surface area (Å²) in [6.45, 7) is 0.273. The topological polar surface area (TPSA) is 125 Å². The first-order chi connectivity index (χ1) is 17.6. The van der Waals surface area contributed by atoms with Crippen LogP contribution in [0.25, 0.3) is 11.1 Å². The molecule has 2 aromatic carbocycles. The van der Waals surface area contributed by atoms with Crippen molar-refractivity contribution in [1.29, 1.82) is 0 Å². The van der Waals surface area contributed by atoms with Gasteiger partial charge in [0.2, 0.25) is 11.7 Å². The molecule has 0 unspecified atom stereocenters. The van der Waals surface area contributed by atoms with Crippen molar-refractivity contribution in [3.05, 3.63) is 77.9 Å².